The third-order valence-electron chi connectivity index (χ3n) is 5.71. The largest absolute Gasteiger partial charge is 0.495 e. The molecule has 2 aliphatic rings. The van der Waals surface area contributed by atoms with Crippen molar-refractivity contribution in [2.75, 3.05) is 57.9 Å². The molecule has 4 rings (SSSR count). The van der Waals surface area contributed by atoms with Crippen LogP contribution in [-0.4, -0.2) is 69.9 Å². The number of anilines is 1. The summed E-state index contributed by atoms with van der Waals surface area (Å²) in [6.07, 6.45) is 5.05. The fourth-order valence-electron chi connectivity index (χ4n) is 4.05. The number of furan rings is 1. The van der Waals surface area contributed by atoms with Crippen molar-refractivity contribution in [2.45, 2.75) is 25.4 Å². The van der Waals surface area contributed by atoms with Gasteiger partial charge in [0.15, 0.2) is 5.96 Å². The first kappa shape index (κ1) is 20.6. The Bertz CT molecular complexity index is 795. The molecule has 2 aromatic rings. The zero-order valence-electron chi connectivity index (χ0n) is 17.8. The molecule has 0 amide bonds. The van der Waals surface area contributed by atoms with E-state index in [-0.39, 0.29) is 6.10 Å². The third-order valence-corrected chi connectivity index (χ3v) is 5.71. The van der Waals surface area contributed by atoms with Gasteiger partial charge in [0.1, 0.15) is 11.5 Å². The van der Waals surface area contributed by atoms with Crippen molar-refractivity contribution in [1.29, 1.82) is 0 Å². The highest BCUT2D eigenvalue weighted by atomic mass is 16.5. The van der Waals surface area contributed by atoms with Gasteiger partial charge in [0, 0.05) is 45.8 Å². The summed E-state index contributed by atoms with van der Waals surface area (Å²) in [5, 5.41) is 3.55. The molecule has 0 radical (unpaired) electrons. The molecule has 30 heavy (non-hydrogen) atoms. The number of guanidine groups is 1. The second kappa shape index (κ2) is 10.4. The summed E-state index contributed by atoms with van der Waals surface area (Å²) < 4.78 is 16.8. The Balaban J connectivity index is 1.36. The first-order valence-corrected chi connectivity index (χ1v) is 10.9. The van der Waals surface area contributed by atoms with Crippen molar-refractivity contribution in [3.63, 3.8) is 0 Å². The number of hydrogen-bond donors (Lipinski definition) is 1. The lowest BCUT2D eigenvalue weighted by Gasteiger charge is -2.38. The van der Waals surface area contributed by atoms with Gasteiger partial charge in [-0.25, -0.2) is 0 Å². The van der Waals surface area contributed by atoms with Crippen molar-refractivity contribution < 1.29 is 13.9 Å². The van der Waals surface area contributed by atoms with E-state index in [1.165, 1.54) is 0 Å². The van der Waals surface area contributed by atoms with E-state index in [4.69, 9.17) is 18.9 Å². The molecule has 2 saturated heterocycles. The van der Waals surface area contributed by atoms with Gasteiger partial charge < -0.3 is 29.0 Å². The van der Waals surface area contributed by atoms with E-state index < -0.39 is 0 Å². The molecule has 0 aliphatic carbocycles. The van der Waals surface area contributed by atoms with Gasteiger partial charge in [-0.05, 0) is 37.1 Å². The predicted molar refractivity (Wildman–Crippen MR) is 118 cm³/mol. The minimum atomic E-state index is 0.252. The van der Waals surface area contributed by atoms with Crippen LogP contribution in [0.5, 0.6) is 5.75 Å². The molecule has 2 aliphatic heterocycles. The first-order valence-electron chi connectivity index (χ1n) is 10.9. The molecule has 1 N–H and O–H groups in total. The predicted octanol–water partition coefficient (Wildman–Crippen LogP) is 2.78. The fourth-order valence-corrected chi connectivity index (χ4v) is 4.05. The van der Waals surface area contributed by atoms with Gasteiger partial charge in [-0.3, -0.25) is 4.99 Å². The van der Waals surface area contributed by atoms with Crippen molar-refractivity contribution >= 4 is 11.6 Å². The van der Waals surface area contributed by atoms with Crippen LogP contribution < -0.4 is 15.0 Å². The van der Waals surface area contributed by atoms with Crippen molar-refractivity contribution in [2.24, 2.45) is 4.99 Å². The molecule has 0 saturated carbocycles. The summed E-state index contributed by atoms with van der Waals surface area (Å²) in [4.78, 5) is 9.65. The van der Waals surface area contributed by atoms with Crippen LogP contribution in [0.1, 0.15) is 18.6 Å². The number of piperazine rings is 1. The molecule has 7 nitrogen and oxygen atoms in total. The van der Waals surface area contributed by atoms with Crippen molar-refractivity contribution in [3.8, 4) is 5.75 Å². The van der Waals surface area contributed by atoms with E-state index in [0.29, 0.717) is 0 Å². The maximum atomic E-state index is 5.76. The number of para-hydroxylation sites is 2. The molecule has 7 heteroatoms. The van der Waals surface area contributed by atoms with Crippen LogP contribution in [0.2, 0.25) is 0 Å². The topological polar surface area (TPSA) is 62.5 Å². The molecular weight excluding hydrogens is 380 g/mol. The molecule has 2 fully saturated rings. The Morgan fingerprint density at radius 3 is 2.77 bits per heavy atom. The van der Waals surface area contributed by atoms with E-state index in [2.05, 4.69) is 27.2 Å². The molecule has 3 heterocycles. The lowest BCUT2D eigenvalue weighted by Crippen LogP contribution is -2.53. The van der Waals surface area contributed by atoms with Crippen LogP contribution >= 0.6 is 0 Å². The molecule has 0 bridgehead atoms. The lowest BCUT2D eigenvalue weighted by atomic mass is 10.2. The Kier molecular flexibility index (Phi) is 7.13. The fraction of sp³-hybridized carbons (Fsp3) is 0.522. The standard InChI is InChI=1S/C23H32N4O3/c1-28-22-9-3-2-8-21(22)26-12-14-27(15-13-26)23(25-18-20-7-5-17-30-20)24-11-10-19-6-4-16-29-19/h2-4,6,8-9,16,20H,5,7,10-15,17-18H2,1H3,(H,24,25). The number of nitrogens with one attached hydrogen (secondary N) is 1. The summed E-state index contributed by atoms with van der Waals surface area (Å²) in [6.45, 7) is 6.06. The summed E-state index contributed by atoms with van der Waals surface area (Å²) in [6, 6.07) is 12.2. The minimum Gasteiger partial charge on any atom is -0.495 e. The maximum Gasteiger partial charge on any atom is 0.194 e. The van der Waals surface area contributed by atoms with Crippen LogP contribution in [0.4, 0.5) is 5.69 Å². The average molecular weight is 413 g/mol. The van der Waals surface area contributed by atoms with Gasteiger partial charge in [0.05, 0.1) is 31.7 Å². The van der Waals surface area contributed by atoms with Gasteiger partial charge in [0.2, 0.25) is 0 Å². The summed E-state index contributed by atoms with van der Waals surface area (Å²) in [5.41, 5.74) is 1.16. The smallest absolute Gasteiger partial charge is 0.194 e. The molecule has 162 valence electrons. The number of nitrogens with zero attached hydrogens (tertiary/aromatic N) is 3. The van der Waals surface area contributed by atoms with Gasteiger partial charge in [-0.1, -0.05) is 12.1 Å². The average Bonchev–Trinajstić information content (AvgIpc) is 3.50. The molecular formula is C23H32N4O3. The number of benzene rings is 1. The second-order valence-corrected chi connectivity index (χ2v) is 7.70. The Morgan fingerprint density at radius 2 is 2.03 bits per heavy atom. The van der Waals surface area contributed by atoms with Crippen LogP contribution in [0.25, 0.3) is 0 Å². The Labute approximate surface area is 178 Å². The summed E-state index contributed by atoms with van der Waals surface area (Å²) in [7, 11) is 1.73. The minimum absolute atomic E-state index is 0.252. The van der Waals surface area contributed by atoms with Crippen LogP contribution in [0.15, 0.2) is 52.1 Å². The SMILES string of the molecule is COc1ccccc1N1CCN(C(=NCC2CCCO2)NCCc2ccco2)CC1. The van der Waals surface area contributed by atoms with E-state index in [9.17, 15) is 0 Å². The van der Waals surface area contributed by atoms with Crippen LogP contribution in [0.3, 0.4) is 0 Å². The van der Waals surface area contributed by atoms with Crippen LogP contribution in [-0.2, 0) is 11.2 Å². The number of methoxy groups -OCH3 is 1. The zero-order chi connectivity index (χ0) is 20.6. The highest BCUT2D eigenvalue weighted by Crippen LogP contribution is 2.28. The van der Waals surface area contributed by atoms with Crippen LogP contribution in [0, 0.1) is 0 Å². The number of aliphatic imine (C=N–C) groups is 1. The highest BCUT2D eigenvalue weighted by Gasteiger charge is 2.23. The normalized spacial score (nSPS) is 19.9. The molecule has 1 unspecified atom stereocenters. The van der Waals surface area contributed by atoms with Crippen molar-refractivity contribution in [3.05, 3.63) is 48.4 Å². The second-order valence-electron chi connectivity index (χ2n) is 7.70. The van der Waals surface area contributed by atoms with Gasteiger partial charge in [-0.2, -0.15) is 0 Å². The van der Waals surface area contributed by atoms with E-state index in [1.54, 1.807) is 13.4 Å². The lowest BCUT2D eigenvalue weighted by molar-refractivity contribution is 0.117. The van der Waals surface area contributed by atoms with Gasteiger partial charge in [-0.15, -0.1) is 0 Å². The quantitative estimate of drug-likeness (QED) is 0.557. The summed E-state index contributed by atoms with van der Waals surface area (Å²) in [5.74, 6) is 2.88. The summed E-state index contributed by atoms with van der Waals surface area (Å²) >= 11 is 0. The van der Waals surface area contributed by atoms with E-state index in [0.717, 1.165) is 88.3 Å². The highest BCUT2D eigenvalue weighted by molar-refractivity contribution is 5.80. The monoisotopic (exact) mass is 412 g/mol. The number of hydrogen-bond acceptors (Lipinski definition) is 5. The van der Waals surface area contributed by atoms with E-state index >= 15 is 0 Å². The molecule has 1 atom stereocenters. The number of ether oxygens (including phenoxy) is 2. The van der Waals surface area contributed by atoms with E-state index in [1.807, 2.05) is 24.3 Å². The third kappa shape index (κ3) is 5.27. The zero-order valence-corrected chi connectivity index (χ0v) is 17.8. The van der Waals surface area contributed by atoms with Gasteiger partial charge in [0.25, 0.3) is 0 Å². The maximum absolute atomic E-state index is 5.76. The molecule has 1 aromatic heterocycles. The molecule has 1 aromatic carbocycles. The Hall–Kier alpha value is -2.67. The van der Waals surface area contributed by atoms with Crippen molar-refractivity contribution in [1.82, 2.24) is 10.2 Å². The number of rotatable bonds is 7. The first-order chi connectivity index (χ1) is 14.8. The van der Waals surface area contributed by atoms with Gasteiger partial charge >= 0.3 is 0 Å². The Morgan fingerprint density at radius 1 is 1.17 bits per heavy atom. The molecule has 0 spiro atoms.